The number of carbonyl (C=O) groups is 2. The van der Waals surface area contributed by atoms with E-state index in [2.05, 4.69) is 15.5 Å². The Balaban J connectivity index is 1.76. The Morgan fingerprint density at radius 1 is 1.23 bits per heavy atom. The summed E-state index contributed by atoms with van der Waals surface area (Å²) in [6.45, 7) is 3.58. The van der Waals surface area contributed by atoms with Gasteiger partial charge in [-0.3, -0.25) is 9.69 Å². The van der Waals surface area contributed by atoms with Crippen LogP contribution in [-0.2, 0) is 4.79 Å². The summed E-state index contributed by atoms with van der Waals surface area (Å²) in [7, 11) is 3.46. The molecule has 1 fully saturated rings. The van der Waals surface area contributed by atoms with E-state index in [4.69, 9.17) is 0 Å². The van der Waals surface area contributed by atoms with E-state index in [1.807, 2.05) is 0 Å². The Bertz CT molecular complexity index is 646. The third-order valence-corrected chi connectivity index (χ3v) is 4.57. The molecule has 6 nitrogen and oxygen atoms in total. The molecule has 26 heavy (non-hydrogen) atoms. The van der Waals surface area contributed by atoms with Gasteiger partial charge in [0, 0.05) is 33.2 Å². The Labute approximate surface area is 152 Å². The average molecular weight is 368 g/mol. The van der Waals surface area contributed by atoms with E-state index < -0.39 is 17.7 Å². The highest BCUT2D eigenvalue weighted by molar-refractivity contribution is 5.77. The third-order valence-electron chi connectivity index (χ3n) is 4.57. The first-order valence-corrected chi connectivity index (χ1v) is 8.70. The molecule has 8 heteroatoms. The first-order valence-electron chi connectivity index (χ1n) is 8.70. The van der Waals surface area contributed by atoms with Crippen molar-refractivity contribution in [2.24, 2.45) is 0 Å². The Morgan fingerprint density at radius 3 is 2.46 bits per heavy atom. The van der Waals surface area contributed by atoms with Crippen LogP contribution >= 0.6 is 0 Å². The van der Waals surface area contributed by atoms with Crippen molar-refractivity contribution in [2.75, 3.05) is 33.7 Å². The maximum atomic E-state index is 13.3. The molecule has 2 rings (SSSR count). The second-order valence-corrected chi connectivity index (χ2v) is 6.85. The standard InChI is InChI=1S/C18H26F2N4O2/c1-12(13-4-5-15(19)16(20)10-13)21-18(26)22-14-6-8-24(9-7-14)11-17(25)23(2)3/h4-5,10,12,14H,6-9,11H2,1-3H3,(H2,21,22,26). The molecule has 1 saturated heterocycles. The fourth-order valence-corrected chi connectivity index (χ4v) is 2.86. The lowest BCUT2D eigenvalue weighted by Gasteiger charge is -2.32. The Hall–Kier alpha value is -2.22. The number of likely N-dealkylation sites (N-methyl/N-ethyl adjacent to an activating group) is 1. The molecule has 1 unspecified atom stereocenters. The van der Waals surface area contributed by atoms with Crippen LogP contribution in [0.1, 0.15) is 31.4 Å². The van der Waals surface area contributed by atoms with Crippen LogP contribution in [0.2, 0.25) is 0 Å². The first-order chi connectivity index (χ1) is 12.3. The van der Waals surface area contributed by atoms with Gasteiger partial charge in [0.25, 0.3) is 0 Å². The van der Waals surface area contributed by atoms with Crippen molar-refractivity contribution in [3.05, 3.63) is 35.4 Å². The number of halogens is 2. The molecule has 0 radical (unpaired) electrons. The number of hydrogen-bond donors (Lipinski definition) is 2. The monoisotopic (exact) mass is 368 g/mol. The zero-order chi connectivity index (χ0) is 19.3. The van der Waals surface area contributed by atoms with Crippen LogP contribution in [-0.4, -0.2) is 61.5 Å². The van der Waals surface area contributed by atoms with Gasteiger partial charge in [0.15, 0.2) is 11.6 Å². The predicted molar refractivity (Wildman–Crippen MR) is 94.6 cm³/mol. The van der Waals surface area contributed by atoms with Crippen LogP contribution in [0.3, 0.4) is 0 Å². The minimum atomic E-state index is -0.934. The lowest BCUT2D eigenvalue weighted by Crippen LogP contribution is -2.49. The molecular weight excluding hydrogens is 342 g/mol. The average Bonchev–Trinajstić information content (AvgIpc) is 2.58. The summed E-state index contributed by atoms with van der Waals surface area (Å²) in [6, 6.07) is 2.82. The quantitative estimate of drug-likeness (QED) is 0.834. The van der Waals surface area contributed by atoms with E-state index in [0.29, 0.717) is 12.1 Å². The highest BCUT2D eigenvalue weighted by atomic mass is 19.2. The topological polar surface area (TPSA) is 64.7 Å². The van der Waals surface area contributed by atoms with Gasteiger partial charge in [-0.15, -0.1) is 0 Å². The van der Waals surface area contributed by atoms with Crippen molar-refractivity contribution >= 4 is 11.9 Å². The minimum absolute atomic E-state index is 0.0258. The van der Waals surface area contributed by atoms with Crippen molar-refractivity contribution in [3.8, 4) is 0 Å². The molecule has 0 saturated carbocycles. The van der Waals surface area contributed by atoms with Gasteiger partial charge >= 0.3 is 6.03 Å². The molecule has 1 aliphatic rings. The lowest BCUT2D eigenvalue weighted by molar-refractivity contribution is -0.130. The molecule has 0 aliphatic carbocycles. The molecule has 0 spiro atoms. The van der Waals surface area contributed by atoms with Crippen molar-refractivity contribution in [1.29, 1.82) is 0 Å². The van der Waals surface area contributed by atoms with E-state index >= 15 is 0 Å². The highest BCUT2D eigenvalue weighted by Gasteiger charge is 2.23. The smallest absolute Gasteiger partial charge is 0.315 e. The molecule has 1 aromatic carbocycles. The second-order valence-electron chi connectivity index (χ2n) is 6.85. The van der Waals surface area contributed by atoms with E-state index in [-0.39, 0.29) is 18.0 Å². The molecule has 1 heterocycles. The zero-order valence-electron chi connectivity index (χ0n) is 15.4. The Morgan fingerprint density at radius 2 is 1.88 bits per heavy atom. The van der Waals surface area contributed by atoms with E-state index in [1.54, 1.807) is 25.9 Å². The summed E-state index contributed by atoms with van der Waals surface area (Å²) in [5, 5.41) is 5.64. The number of hydrogen-bond acceptors (Lipinski definition) is 3. The van der Waals surface area contributed by atoms with Gasteiger partial charge in [-0.2, -0.15) is 0 Å². The molecule has 3 amide bonds. The minimum Gasteiger partial charge on any atom is -0.348 e. The van der Waals surface area contributed by atoms with Gasteiger partial charge in [0.05, 0.1) is 12.6 Å². The molecule has 1 atom stereocenters. The van der Waals surface area contributed by atoms with E-state index in [1.165, 1.54) is 6.07 Å². The van der Waals surface area contributed by atoms with Gasteiger partial charge in [-0.25, -0.2) is 13.6 Å². The van der Waals surface area contributed by atoms with Crippen LogP contribution in [0, 0.1) is 11.6 Å². The summed E-state index contributed by atoms with van der Waals surface area (Å²) in [5.41, 5.74) is 0.496. The fraction of sp³-hybridized carbons (Fsp3) is 0.556. The highest BCUT2D eigenvalue weighted by Crippen LogP contribution is 2.16. The lowest BCUT2D eigenvalue weighted by atomic mass is 10.1. The molecule has 1 aromatic rings. The predicted octanol–water partition coefficient (Wildman–Crippen LogP) is 1.88. The molecule has 1 aliphatic heterocycles. The van der Waals surface area contributed by atoms with Gasteiger partial charge in [-0.05, 0) is 37.5 Å². The number of carbonyl (C=O) groups excluding carboxylic acids is 2. The number of rotatable bonds is 5. The van der Waals surface area contributed by atoms with Crippen molar-refractivity contribution < 1.29 is 18.4 Å². The van der Waals surface area contributed by atoms with Gasteiger partial charge in [-0.1, -0.05) is 6.07 Å². The van der Waals surface area contributed by atoms with E-state index in [9.17, 15) is 18.4 Å². The first kappa shape index (κ1) is 20.1. The molecular formula is C18H26F2N4O2. The SMILES string of the molecule is CC(NC(=O)NC1CCN(CC(=O)N(C)C)CC1)c1ccc(F)c(F)c1. The number of likely N-dealkylation sites (tertiary alicyclic amines) is 1. The van der Waals surface area contributed by atoms with Crippen molar-refractivity contribution in [1.82, 2.24) is 20.4 Å². The summed E-state index contributed by atoms with van der Waals surface area (Å²) >= 11 is 0. The van der Waals surface area contributed by atoms with Crippen molar-refractivity contribution in [2.45, 2.75) is 31.8 Å². The van der Waals surface area contributed by atoms with E-state index in [0.717, 1.165) is 38.1 Å². The molecule has 0 bridgehead atoms. The summed E-state index contributed by atoms with van der Waals surface area (Å²) < 4.78 is 26.3. The maximum absolute atomic E-state index is 13.3. The number of benzene rings is 1. The normalized spacial score (nSPS) is 16.8. The Kier molecular flexibility index (Phi) is 6.90. The largest absolute Gasteiger partial charge is 0.348 e. The number of nitrogens with one attached hydrogen (secondary N) is 2. The second kappa shape index (κ2) is 8.93. The fourth-order valence-electron chi connectivity index (χ4n) is 2.86. The van der Waals surface area contributed by atoms with Gasteiger partial charge in [0.1, 0.15) is 0 Å². The van der Waals surface area contributed by atoms with Crippen LogP contribution in [0.4, 0.5) is 13.6 Å². The van der Waals surface area contributed by atoms with Gasteiger partial charge < -0.3 is 15.5 Å². The number of amides is 3. The molecule has 2 N–H and O–H groups in total. The zero-order valence-corrected chi connectivity index (χ0v) is 15.4. The van der Waals surface area contributed by atoms with Crippen LogP contribution in [0.15, 0.2) is 18.2 Å². The van der Waals surface area contributed by atoms with Crippen LogP contribution in [0.25, 0.3) is 0 Å². The van der Waals surface area contributed by atoms with Crippen LogP contribution < -0.4 is 10.6 Å². The van der Waals surface area contributed by atoms with Gasteiger partial charge in [0.2, 0.25) is 5.91 Å². The maximum Gasteiger partial charge on any atom is 0.315 e. The number of piperidine rings is 1. The van der Waals surface area contributed by atoms with Crippen molar-refractivity contribution in [3.63, 3.8) is 0 Å². The summed E-state index contributed by atoms with van der Waals surface area (Å²) in [5.74, 6) is -1.78. The third kappa shape index (κ3) is 5.66. The number of urea groups is 1. The molecule has 0 aromatic heterocycles. The summed E-state index contributed by atoms with van der Waals surface area (Å²) in [4.78, 5) is 27.5. The van der Waals surface area contributed by atoms with Crippen LogP contribution in [0.5, 0.6) is 0 Å². The molecule has 144 valence electrons. The number of nitrogens with zero attached hydrogens (tertiary/aromatic N) is 2. The summed E-state index contributed by atoms with van der Waals surface area (Å²) in [6.07, 6.45) is 1.52.